The third-order valence-electron chi connectivity index (χ3n) is 4.54. The number of hydrogen-bond acceptors (Lipinski definition) is 7. The number of hydrogen-bond donors (Lipinski definition) is 1. The van der Waals surface area contributed by atoms with E-state index < -0.39 is 10.8 Å². The molecule has 0 saturated carbocycles. The van der Waals surface area contributed by atoms with Crippen molar-refractivity contribution in [3.05, 3.63) is 64.3 Å². The van der Waals surface area contributed by atoms with Crippen LogP contribution >= 0.6 is 0 Å². The van der Waals surface area contributed by atoms with E-state index in [0.29, 0.717) is 37.7 Å². The fourth-order valence-corrected chi connectivity index (χ4v) is 2.93. The Labute approximate surface area is 172 Å². The molecule has 0 bridgehead atoms. The summed E-state index contributed by atoms with van der Waals surface area (Å²) in [4.78, 5) is 41.2. The van der Waals surface area contributed by atoms with Crippen molar-refractivity contribution in [2.45, 2.75) is 0 Å². The van der Waals surface area contributed by atoms with E-state index in [4.69, 9.17) is 10.5 Å². The fraction of sp³-hybridized carbons (Fsp3) is 0.250. The van der Waals surface area contributed by atoms with Crippen LogP contribution in [-0.2, 0) is 9.59 Å². The summed E-state index contributed by atoms with van der Waals surface area (Å²) in [5.74, 6) is 0.532. The molecule has 2 heterocycles. The largest absolute Gasteiger partial charge is 0.484 e. The van der Waals surface area contributed by atoms with Gasteiger partial charge in [0, 0.05) is 38.3 Å². The zero-order chi connectivity index (χ0) is 21.5. The minimum absolute atomic E-state index is 0.0508. The number of carbonyl (C=O) groups excluding carboxylic acids is 2. The molecule has 1 saturated heterocycles. The molecule has 0 radical (unpaired) electrons. The van der Waals surface area contributed by atoms with Crippen molar-refractivity contribution in [1.29, 1.82) is 0 Å². The van der Waals surface area contributed by atoms with E-state index in [1.807, 2.05) is 4.90 Å². The molecule has 156 valence electrons. The lowest BCUT2D eigenvalue weighted by Gasteiger charge is -2.34. The number of nitro groups is 1. The van der Waals surface area contributed by atoms with Crippen LogP contribution in [0.2, 0.25) is 0 Å². The summed E-state index contributed by atoms with van der Waals surface area (Å²) in [5.41, 5.74) is 5.80. The van der Waals surface area contributed by atoms with Gasteiger partial charge in [-0.2, -0.15) is 0 Å². The van der Waals surface area contributed by atoms with E-state index in [1.165, 1.54) is 18.3 Å². The van der Waals surface area contributed by atoms with Crippen molar-refractivity contribution in [1.82, 2.24) is 9.88 Å². The van der Waals surface area contributed by atoms with Gasteiger partial charge in [0.05, 0.1) is 4.92 Å². The van der Waals surface area contributed by atoms with Crippen molar-refractivity contribution in [2.24, 2.45) is 5.73 Å². The van der Waals surface area contributed by atoms with Crippen molar-refractivity contribution in [3.63, 3.8) is 0 Å². The smallest absolute Gasteiger partial charge is 0.287 e. The second kappa shape index (κ2) is 9.50. The van der Waals surface area contributed by atoms with Crippen LogP contribution < -0.4 is 15.4 Å². The number of amides is 2. The van der Waals surface area contributed by atoms with Gasteiger partial charge < -0.3 is 20.3 Å². The number of carbonyl (C=O) groups is 2. The van der Waals surface area contributed by atoms with Gasteiger partial charge >= 0.3 is 0 Å². The van der Waals surface area contributed by atoms with E-state index in [0.717, 1.165) is 5.56 Å². The Hall–Kier alpha value is -3.95. The monoisotopic (exact) mass is 411 g/mol. The van der Waals surface area contributed by atoms with E-state index in [1.54, 1.807) is 41.3 Å². The van der Waals surface area contributed by atoms with Crippen LogP contribution in [0.4, 0.5) is 11.5 Å². The highest BCUT2D eigenvalue weighted by Gasteiger charge is 2.21. The second-order valence-electron chi connectivity index (χ2n) is 6.60. The van der Waals surface area contributed by atoms with Gasteiger partial charge in [0.15, 0.2) is 6.61 Å². The van der Waals surface area contributed by atoms with Gasteiger partial charge in [-0.25, -0.2) is 4.98 Å². The molecule has 1 aromatic heterocycles. The van der Waals surface area contributed by atoms with Gasteiger partial charge in [-0.1, -0.05) is 12.1 Å². The maximum absolute atomic E-state index is 12.4. The van der Waals surface area contributed by atoms with Crippen molar-refractivity contribution in [2.75, 3.05) is 37.7 Å². The lowest BCUT2D eigenvalue weighted by atomic mass is 10.2. The number of ether oxygens (including phenoxy) is 1. The highest BCUT2D eigenvalue weighted by atomic mass is 16.6. The quantitative estimate of drug-likeness (QED) is 0.411. The lowest BCUT2D eigenvalue weighted by molar-refractivity contribution is -0.385. The summed E-state index contributed by atoms with van der Waals surface area (Å²) < 4.78 is 5.19. The van der Waals surface area contributed by atoms with Crippen molar-refractivity contribution in [3.8, 4) is 5.75 Å². The zero-order valence-corrected chi connectivity index (χ0v) is 16.1. The summed E-state index contributed by atoms with van der Waals surface area (Å²) in [7, 11) is 0. The van der Waals surface area contributed by atoms with Crippen LogP contribution in [0, 0.1) is 10.1 Å². The standard InChI is InChI=1S/C20H21N5O5/c21-18(26)14-30-17-5-1-15(2-6-17)3-8-20(27)24-11-9-23(10-12-24)19-7-4-16(13-22-19)25(28)29/h1-8,13H,9-12,14H2,(H2,21,26)/b8-3+. The van der Waals surface area contributed by atoms with Gasteiger partial charge in [-0.05, 0) is 29.8 Å². The Morgan fingerprint density at radius 3 is 2.40 bits per heavy atom. The molecule has 1 aliphatic rings. The Morgan fingerprint density at radius 1 is 1.13 bits per heavy atom. The van der Waals surface area contributed by atoms with E-state index in [9.17, 15) is 19.7 Å². The number of piperazine rings is 1. The molecule has 10 nitrogen and oxygen atoms in total. The maximum Gasteiger partial charge on any atom is 0.287 e. The van der Waals surface area contributed by atoms with Crippen molar-refractivity contribution >= 4 is 29.4 Å². The zero-order valence-electron chi connectivity index (χ0n) is 16.1. The van der Waals surface area contributed by atoms with Crippen LogP contribution in [0.5, 0.6) is 5.75 Å². The summed E-state index contributed by atoms with van der Waals surface area (Å²) in [6, 6.07) is 9.99. The highest BCUT2D eigenvalue weighted by Crippen LogP contribution is 2.18. The lowest BCUT2D eigenvalue weighted by Crippen LogP contribution is -2.48. The van der Waals surface area contributed by atoms with E-state index in [-0.39, 0.29) is 18.2 Å². The number of primary amides is 1. The Kier molecular flexibility index (Phi) is 6.58. The molecule has 1 aromatic carbocycles. The first-order valence-electron chi connectivity index (χ1n) is 9.26. The second-order valence-corrected chi connectivity index (χ2v) is 6.60. The Morgan fingerprint density at radius 2 is 1.83 bits per heavy atom. The van der Waals surface area contributed by atoms with Gasteiger partial charge in [-0.3, -0.25) is 19.7 Å². The van der Waals surface area contributed by atoms with Gasteiger partial charge in [0.2, 0.25) is 5.91 Å². The highest BCUT2D eigenvalue weighted by molar-refractivity contribution is 5.92. The van der Waals surface area contributed by atoms with Crippen LogP contribution in [0.15, 0.2) is 48.7 Å². The van der Waals surface area contributed by atoms with E-state index in [2.05, 4.69) is 4.98 Å². The number of aromatic nitrogens is 1. The van der Waals surface area contributed by atoms with Crippen LogP contribution in [0.25, 0.3) is 6.08 Å². The van der Waals surface area contributed by atoms with Crippen molar-refractivity contribution < 1.29 is 19.2 Å². The molecule has 3 rings (SSSR count). The minimum atomic E-state index is -0.547. The summed E-state index contributed by atoms with van der Waals surface area (Å²) in [5, 5.41) is 10.7. The SMILES string of the molecule is NC(=O)COc1ccc(/C=C/C(=O)N2CCN(c3ccc([N+](=O)[O-])cn3)CC2)cc1. The summed E-state index contributed by atoms with van der Waals surface area (Å²) >= 11 is 0. The molecule has 0 spiro atoms. The normalized spacial score (nSPS) is 14.0. The molecule has 2 N–H and O–H groups in total. The topological polar surface area (TPSA) is 132 Å². The third kappa shape index (κ3) is 5.53. The van der Waals surface area contributed by atoms with E-state index >= 15 is 0 Å². The average Bonchev–Trinajstić information content (AvgIpc) is 2.77. The number of nitrogens with two attached hydrogens (primary N) is 1. The van der Waals surface area contributed by atoms with Gasteiger partial charge in [0.1, 0.15) is 17.8 Å². The first-order chi connectivity index (χ1) is 14.4. The number of benzene rings is 1. The predicted octanol–water partition coefficient (Wildman–Crippen LogP) is 1.22. The predicted molar refractivity (Wildman–Crippen MR) is 110 cm³/mol. The van der Waals surface area contributed by atoms with Crippen LogP contribution in [0.3, 0.4) is 0 Å². The summed E-state index contributed by atoms with van der Waals surface area (Å²) in [6.07, 6.45) is 4.46. The average molecular weight is 411 g/mol. The molecule has 0 atom stereocenters. The molecule has 2 amide bonds. The van der Waals surface area contributed by atoms with Gasteiger partial charge in [-0.15, -0.1) is 0 Å². The molecular formula is C20H21N5O5. The minimum Gasteiger partial charge on any atom is -0.484 e. The molecule has 1 aliphatic heterocycles. The number of rotatable bonds is 7. The van der Waals surface area contributed by atoms with Crippen LogP contribution in [-0.4, -0.2) is 59.4 Å². The maximum atomic E-state index is 12.4. The number of nitrogens with zero attached hydrogens (tertiary/aromatic N) is 4. The first kappa shape index (κ1) is 20.8. The Balaban J connectivity index is 1.50. The fourth-order valence-electron chi connectivity index (χ4n) is 2.93. The Bertz CT molecular complexity index is 935. The molecule has 2 aromatic rings. The van der Waals surface area contributed by atoms with Gasteiger partial charge in [0.25, 0.3) is 11.6 Å². The molecule has 30 heavy (non-hydrogen) atoms. The molecular weight excluding hydrogens is 390 g/mol. The molecule has 0 aliphatic carbocycles. The number of pyridine rings is 1. The number of anilines is 1. The molecule has 0 unspecified atom stereocenters. The van der Waals surface area contributed by atoms with Crippen LogP contribution in [0.1, 0.15) is 5.56 Å². The molecule has 1 fully saturated rings. The third-order valence-corrected chi connectivity index (χ3v) is 4.54. The first-order valence-corrected chi connectivity index (χ1v) is 9.26. The summed E-state index contributed by atoms with van der Waals surface area (Å²) in [6.45, 7) is 2.06. The molecule has 10 heteroatoms.